The minimum Gasteiger partial charge on any atom is -0.391 e. The molecular weight excluding hydrogens is 357 g/mol. The molecule has 7 nitrogen and oxygen atoms in total. The Morgan fingerprint density at radius 3 is 2.75 bits per heavy atom. The standard InChI is InChI=1S/C15H11Cl2N3O4/c16-13-5-4-10(6-14(13)17)9-24-18-8-15(21)19-11-2-1-3-12(7-11)20(22)23/h1-8H,9H2,(H,19,21)/b18-8-. The number of hydrogen-bond acceptors (Lipinski definition) is 5. The highest BCUT2D eigenvalue weighted by molar-refractivity contribution is 6.42. The molecule has 0 aliphatic rings. The van der Waals surface area contributed by atoms with E-state index in [9.17, 15) is 14.9 Å². The fourth-order valence-electron chi connectivity index (χ4n) is 1.70. The summed E-state index contributed by atoms with van der Waals surface area (Å²) in [4.78, 5) is 26.7. The van der Waals surface area contributed by atoms with Crippen molar-refractivity contribution in [2.24, 2.45) is 5.16 Å². The molecule has 0 spiro atoms. The lowest BCUT2D eigenvalue weighted by Crippen LogP contribution is -2.12. The van der Waals surface area contributed by atoms with Crippen LogP contribution in [0, 0.1) is 10.1 Å². The number of nitrogens with zero attached hydrogens (tertiary/aromatic N) is 2. The van der Waals surface area contributed by atoms with Crippen molar-refractivity contribution < 1.29 is 14.6 Å². The largest absolute Gasteiger partial charge is 0.391 e. The van der Waals surface area contributed by atoms with Gasteiger partial charge >= 0.3 is 0 Å². The van der Waals surface area contributed by atoms with Gasteiger partial charge in [0, 0.05) is 17.8 Å². The summed E-state index contributed by atoms with van der Waals surface area (Å²) in [5.74, 6) is -0.579. The number of hydrogen-bond donors (Lipinski definition) is 1. The van der Waals surface area contributed by atoms with Crippen molar-refractivity contribution in [3.63, 3.8) is 0 Å². The van der Waals surface area contributed by atoms with E-state index >= 15 is 0 Å². The maximum absolute atomic E-state index is 11.7. The molecule has 0 bridgehead atoms. The molecule has 0 fully saturated rings. The zero-order valence-corrected chi connectivity index (χ0v) is 13.6. The second-order valence-electron chi connectivity index (χ2n) is 4.55. The topological polar surface area (TPSA) is 93.8 Å². The molecule has 2 aromatic rings. The average Bonchev–Trinajstić information content (AvgIpc) is 2.55. The Kier molecular flexibility index (Phi) is 6.11. The van der Waals surface area contributed by atoms with Crippen LogP contribution in [0.1, 0.15) is 5.56 Å². The van der Waals surface area contributed by atoms with E-state index in [1.54, 1.807) is 18.2 Å². The third-order valence-corrected chi connectivity index (χ3v) is 3.52. The van der Waals surface area contributed by atoms with Crippen LogP contribution in [0.4, 0.5) is 11.4 Å². The van der Waals surface area contributed by atoms with Gasteiger partial charge < -0.3 is 10.2 Å². The highest BCUT2D eigenvalue weighted by Gasteiger charge is 2.07. The third kappa shape index (κ3) is 5.22. The van der Waals surface area contributed by atoms with Gasteiger partial charge in [0.2, 0.25) is 0 Å². The molecule has 0 aliphatic heterocycles. The molecule has 0 atom stereocenters. The minimum atomic E-state index is -0.579. The summed E-state index contributed by atoms with van der Waals surface area (Å²) in [6.45, 7) is 0.109. The van der Waals surface area contributed by atoms with Crippen LogP contribution >= 0.6 is 23.2 Å². The Labute approximate surface area is 147 Å². The van der Waals surface area contributed by atoms with Crippen molar-refractivity contribution in [3.05, 3.63) is 68.2 Å². The summed E-state index contributed by atoms with van der Waals surface area (Å²) >= 11 is 11.7. The molecule has 0 radical (unpaired) electrons. The quantitative estimate of drug-likeness (QED) is 0.473. The van der Waals surface area contributed by atoms with Crippen LogP contribution in [0.25, 0.3) is 0 Å². The first kappa shape index (κ1) is 17.7. The Balaban J connectivity index is 1.85. The Hall–Kier alpha value is -2.64. The van der Waals surface area contributed by atoms with E-state index in [1.807, 2.05) is 0 Å². The fourth-order valence-corrected chi connectivity index (χ4v) is 2.02. The third-order valence-electron chi connectivity index (χ3n) is 2.78. The Morgan fingerprint density at radius 2 is 2.04 bits per heavy atom. The number of nitro benzene ring substituents is 1. The van der Waals surface area contributed by atoms with Gasteiger partial charge in [0.15, 0.2) is 0 Å². The lowest BCUT2D eigenvalue weighted by molar-refractivity contribution is -0.384. The zero-order valence-electron chi connectivity index (χ0n) is 12.1. The number of rotatable bonds is 6. The van der Waals surface area contributed by atoms with Gasteiger partial charge in [-0.05, 0) is 23.8 Å². The number of amides is 1. The number of carbonyl (C=O) groups excluding carboxylic acids is 1. The molecule has 1 N–H and O–H groups in total. The van der Waals surface area contributed by atoms with Gasteiger partial charge in [-0.15, -0.1) is 0 Å². The Bertz CT molecular complexity index is 796. The molecule has 0 aromatic heterocycles. The van der Waals surface area contributed by atoms with Crippen LogP contribution in [0.5, 0.6) is 0 Å². The SMILES string of the molecule is O=C(/C=N\OCc1ccc(Cl)c(Cl)c1)Nc1cccc([N+](=O)[O-])c1. The first-order valence-corrected chi connectivity index (χ1v) is 7.36. The van der Waals surface area contributed by atoms with Crippen molar-refractivity contribution in [1.29, 1.82) is 0 Å². The van der Waals surface area contributed by atoms with E-state index in [2.05, 4.69) is 10.5 Å². The van der Waals surface area contributed by atoms with Gasteiger partial charge in [-0.2, -0.15) is 0 Å². The summed E-state index contributed by atoms with van der Waals surface area (Å²) < 4.78 is 0. The van der Waals surface area contributed by atoms with Gasteiger partial charge in [-0.3, -0.25) is 14.9 Å². The van der Waals surface area contributed by atoms with E-state index < -0.39 is 10.8 Å². The molecule has 2 aromatic carbocycles. The number of nitrogens with one attached hydrogen (secondary N) is 1. The molecule has 0 saturated heterocycles. The van der Waals surface area contributed by atoms with E-state index in [-0.39, 0.29) is 18.0 Å². The summed E-state index contributed by atoms with van der Waals surface area (Å²) in [6, 6.07) is 10.5. The van der Waals surface area contributed by atoms with Gasteiger partial charge in [0.05, 0.1) is 15.0 Å². The van der Waals surface area contributed by atoms with Crippen LogP contribution in [-0.4, -0.2) is 17.0 Å². The number of nitro groups is 1. The van der Waals surface area contributed by atoms with Gasteiger partial charge in [0.1, 0.15) is 12.8 Å². The number of halogens is 2. The van der Waals surface area contributed by atoms with Crippen LogP contribution in [0.2, 0.25) is 10.0 Å². The smallest absolute Gasteiger partial charge is 0.271 e. The number of benzene rings is 2. The lowest BCUT2D eigenvalue weighted by Gasteiger charge is -2.03. The average molecular weight is 368 g/mol. The normalized spacial score (nSPS) is 10.6. The first-order chi connectivity index (χ1) is 11.5. The number of non-ortho nitro benzene ring substituents is 1. The maximum Gasteiger partial charge on any atom is 0.271 e. The van der Waals surface area contributed by atoms with Crippen LogP contribution in [0.3, 0.4) is 0 Å². The van der Waals surface area contributed by atoms with E-state index in [4.69, 9.17) is 28.0 Å². The molecule has 24 heavy (non-hydrogen) atoms. The van der Waals surface area contributed by atoms with E-state index in [0.29, 0.717) is 10.0 Å². The molecular formula is C15H11Cl2N3O4. The number of carbonyl (C=O) groups is 1. The predicted molar refractivity (Wildman–Crippen MR) is 91.5 cm³/mol. The van der Waals surface area contributed by atoms with Crippen LogP contribution in [0.15, 0.2) is 47.6 Å². The number of anilines is 1. The molecule has 2 rings (SSSR count). The van der Waals surface area contributed by atoms with E-state index in [1.165, 1.54) is 24.3 Å². The summed E-state index contributed by atoms with van der Waals surface area (Å²) in [5, 5.41) is 17.4. The lowest BCUT2D eigenvalue weighted by atomic mass is 10.2. The van der Waals surface area contributed by atoms with Gasteiger partial charge in [-0.25, -0.2) is 0 Å². The predicted octanol–water partition coefficient (Wildman–Crippen LogP) is 4.04. The first-order valence-electron chi connectivity index (χ1n) is 6.60. The molecule has 0 heterocycles. The molecule has 1 amide bonds. The fraction of sp³-hybridized carbons (Fsp3) is 0.0667. The molecule has 0 unspecified atom stereocenters. The highest BCUT2D eigenvalue weighted by Crippen LogP contribution is 2.22. The molecule has 0 aliphatic carbocycles. The number of oxime groups is 1. The molecule has 9 heteroatoms. The van der Waals surface area contributed by atoms with Crippen molar-refractivity contribution in [1.82, 2.24) is 0 Å². The van der Waals surface area contributed by atoms with Gasteiger partial charge in [0.25, 0.3) is 11.6 Å². The summed E-state index contributed by atoms with van der Waals surface area (Å²) in [5.41, 5.74) is 0.895. The second kappa shape index (κ2) is 8.28. The zero-order chi connectivity index (χ0) is 17.5. The summed E-state index contributed by atoms with van der Waals surface area (Å²) in [6.07, 6.45) is 0.927. The van der Waals surface area contributed by atoms with Crippen molar-refractivity contribution in [3.8, 4) is 0 Å². The van der Waals surface area contributed by atoms with Crippen LogP contribution < -0.4 is 5.32 Å². The molecule has 0 saturated carbocycles. The Morgan fingerprint density at radius 1 is 1.25 bits per heavy atom. The monoisotopic (exact) mass is 367 g/mol. The van der Waals surface area contributed by atoms with Crippen molar-refractivity contribution in [2.45, 2.75) is 6.61 Å². The molecule has 124 valence electrons. The summed E-state index contributed by atoms with van der Waals surface area (Å²) in [7, 11) is 0. The maximum atomic E-state index is 11.7. The minimum absolute atomic E-state index is 0.109. The van der Waals surface area contributed by atoms with Crippen LogP contribution in [-0.2, 0) is 16.2 Å². The van der Waals surface area contributed by atoms with Crippen molar-refractivity contribution in [2.75, 3.05) is 5.32 Å². The van der Waals surface area contributed by atoms with Crippen molar-refractivity contribution >= 4 is 46.7 Å². The second-order valence-corrected chi connectivity index (χ2v) is 5.37. The van der Waals surface area contributed by atoms with Gasteiger partial charge in [-0.1, -0.05) is 40.5 Å². The van der Waals surface area contributed by atoms with E-state index in [0.717, 1.165) is 11.8 Å². The highest BCUT2D eigenvalue weighted by atomic mass is 35.5.